The van der Waals surface area contributed by atoms with E-state index in [0.29, 0.717) is 32.9 Å². The number of halogens is 2. The fourth-order valence-corrected chi connectivity index (χ4v) is 2.89. The van der Waals surface area contributed by atoms with Gasteiger partial charge >= 0.3 is 0 Å². The van der Waals surface area contributed by atoms with E-state index in [4.69, 9.17) is 32.7 Å². The monoisotopic (exact) mass is 425 g/mol. The molecule has 2 N–H and O–H groups in total. The largest absolute Gasteiger partial charge is 0.495 e. The van der Waals surface area contributed by atoms with Crippen molar-refractivity contribution in [2.45, 2.75) is 0 Å². The zero-order valence-electron chi connectivity index (χ0n) is 15.7. The summed E-state index contributed by atoms with van der Waals surface area (Å²) in [4.78, 5) is 26.0. The molecule has 0 spiro atoms. The highest BCUT2D eigenvalue weighted by Crippen LogP contribution is 2.28. The van der Waals surface area contributed by atoms with Crippen molar-refractivity contribution in [1.82, 2.24) is 4.90 Å². The lowest BCUT2D eigenvalue weighted by atomic mass is 10.3. The van der Waals surface area contributed by atoms with Gasteiger partial charge in [0.1, 0.15) is 11.5 Å². The van der Waals surface area contributed by atoms with Crippen molar-refractivity contribution in [3.05, 3.63) is 46.4 Å². The number of ether oxygens (including phenoxy) is 2. The van der Waals surface area contributed by atoms with Crippen LogP contribution in [-0.4, -0.2) is 51.1 Å². The van der Waals surface area contributed by atoms with Gasteiger partial charge in [0.2, 0.25) is 11.8 Å². The summed E-state index contributed by atoms with van der Waals surface area (Å²) in [5.41, 5.74) is 1.00. The van der Waals surface area contributed by atoms with Gasteiger partial charge in [-0.05, 0) is 43.4 Å². The quantitative estimate of drug-likeness (QED) is 0.676. The van der Waals surface area contributed by atoms with Crippen LogP contribution < -0.4 is 20.1 Å². The van der Waals surface area contributed by atoms with Crippen molar-refractivity contribution < 1.29 is 19.1 Å². The first-order chi connectivity index (χ1) is 13.3. The summed E-state index contributed by atoms with van der Waals surface area (Å²) in [6.07, 6.45) is 0. The Kier molecular flexibility index (Phi) is 7.92. The molecule has 7 nitrogen and oxygen atoms in total. The highest BCUT2D eigenvalue weighted by atomic mass is 35.5. The molecule has 0 aromatic heterocycles. The van der Waals surface area contributed by atoms with Crippen LogP contribution in [0.5, 0.6) is 11.5 Å². The van der Waals surface area contributed by atoms with Crippen LogP contribution in [0.15, 0.2) is 36.4 Å². The number of rotatable bonds is 8. The SMILES string of the molecule is COc1ccc(NC(=O)CN(C)CC(=O)Nc2cc(Cl)ccc2OC)cc1Cl. The van der Waals surface area contributed by atoms with Crippen LogP contribution in [0, 0.1) is 0 Å². The number of hydrogen-bond donors (Lipinski definition) is 2. The van der Waals surface area contributed by atoms with E-state index in [1.807, 2.05) is 0 Å². The lowest BCUT2D eigenvalue weighted by Crippen LogP contribution is -2.36. The average Bonchev–Trinajstić information content (AvgIpc) is 2.61. The lowest BCUT2D eigenvalue weighted by Gasteiger charge is -2.17. The predicted molar refractivity (Wildman–Crippen MR) is 111 cm³/mol. The van der Waals surface area contributed by atoms with Gasteiger partial charge in [-0.1, -0.05) is 23.2 Å². The fraction of sp³-hybridized carbons (Fsp3) is 0.263. The van der Waals surface area contributed by atoms with E-state index < -0.39 is 0 Å². The second-order valence-electron chi connectivity index (χ2n) is 5.96. The van der Waals surface area contributed by atoms with Gasteiger partial charge in [0.15, 0.2) is 0 Å². The van der Waals surface area contributed by atoms with E-state index in [-0.39, 0.29) is 24.9 Å². The Morgan fingerprint density at radius 2 is 1.54 bits per heavy atom. The van der Waals surface area contributed by atoms with Crippen molar-refractivity contribution in [2.24, 2.45) is 0 Å². The Balaban J connectivity index is 1.88. The van der Waals surface area contributed by atoms with Gasteiger partial charge in [0.05, 0.1) is 38.0 Å². The molecular weight excluding hydrogens is 405 g/mol. The van der Waals surface area contributed by atoms with E-state index in [9.17, 15) is 9.59 Å². The second-order valence-corrected chi connectivity index (χ2v) is 6.81. The third-order valence-electron chi connectivity index (χ3n) is 3.70. The number of carbonyl (C=O) groups is 2. The Labute approximate surface area is 173 Å². The number of benzene rings is 2. The van der Waals surface area contributed by atoms with Gasteiger partial charge in [-0.3, -0.25) is 14.5 Å². The minimum absolute atomic E-state index is 0.00641. The summed E-state index contributed by atoms with van der Waals surface area (Å²) in [7, 11) is 4.68. The van der Waals surface area contributed by atoms with Gasteiger partial charge in [0, 0.05) is 10.7 Å². The normalized spacial score (nSPS) is 10.5. The van der Waals surface area contributed by atoms with E-state index in [1.54, 1.807) is 48.3 Å². The minimum atomic E-state index is -0.302. The molecule has 28 heavy (non-hydrogen) atoms. The molecule has 2 aromatic rings. The summed E-state index contributed by atoms with van der Waals surface area (Å²) in [6.45, 7) is 0.0240. The number of carbonyl (C=O) groups excluding carboxylic acids is 2. The standard InChI is InChI=1S/C19H21Cl2N3O4/c1-24(10-18(25)22-13-5-7-16(27-2)14(21)9-13)11-19(26)23-15-8-12(20)4-6-17(15)28-3/h4-9H,10-11H2,1-3H3,(H,22,25)(H,23,26). The van der Waals surface area contributed by atoms with Crippen molar-refractivity contribution in [1.29, 1.82) is 0 Å². The maximum Gasteiger partial charge on any atom is 0.238 e. The van der Waals surface area contributed by atoms with Crippen molar-refractivity contribution in [3.63, 3.8) is 0 Å². The summed E-state index contributed by atoms with van der Waals surface area (Å²) in [5, 5.41) is 6.31. The third-order valence-corrected chi connectivity index (χ3v) is 4.23. The van der Waals surface area contributed by atoms with Crippen LogP contribution in [-0.2, 0) is 9.59 Å². The number of hydrogen-bond acceptors (Lipinski definition) is 5. The molecule has 0 atom stereocenters. The van der Waals surface area contributed by atoms with Gasteiger partial charge in [-0.15, -0.1) is 0 Å². The van der Waals surface area contributed by atoms with E-state index >= 15 is 0 Å². The fourth-order valence-electron chi connectivity index (χ4n) is 2.46. The number of likely N-dealkylation sites (N-methyl/N-ethyl adjacent to an activating group) is 1. The maximum absolute atomic E-state index is 12.2. The molecule has 0 heterocycles. The van der Waals surface area contributed by atoms with Crippen LogP contribution in [0.3, 0.4) is 0 Å². The van der Waals surface area contributed by atoms with E-state index in [1.165, 1.54) is 14.2 Å². The topological polar surface area (TPSA) is 79.9 Å². The first-order valence-corrected chi connectivity index (χ1v) is 9.03. The summed E-state index contributed by atoms with van der Waals surface area (Å²) >= 11 is 12.0. The molecular formula is C19H21Cl2N3O4. The number of nitrogens with one attached hydrogen (secondary N) is 2. The molecule has 0 aliphatic rings. The molecule has 2 rings (SSSR count). The Bertz CT molecular complexity index is 861. The Hall–Kier alpha value is -2.48. The maximum atomic E-state index is 12.2. The molecule has 0 radical (unpaired) electrons. The van der Waals surface area contributed by atoms with Crippen molar-refractivity contribution >= 4 is 46.4 Å². The Morgan fingerprint density at radius 1 is 0.929 bits per heavy atom. The van der Waals surface area contributed by atoms with Gasteiger partial charge in [0.25, 0.3) is 0 Å². The molecule has 0 saturated carbocycles. The van der Waals surface area contributed by atoms with Gasteiger partial charge < -0.3 is 20.1 Å². The smallest absolute Gasteiger partial charge is 0.238 e. The highest BCUT2D eigenvalue weighted by molar-refractivity contribution is 6.32. The summed E-state index contributed by atoms with van der Waals surface area (Å²) in [6, 6.07) is 9.86. The number of methoxy groups -OCH3 is 2. The first-order valence-electron chi connectivity index (χ1n) is 8.27. The zero-order chi connectivity index (χ0) is 20.7. The molecule has 0 aliphatic carbocycles. The zero-order valence-corrected chi connectivity index (χ0v) is 17.2. The van der Waals surface area contributed by atoms with Gasteiger partial charge in [-0.2, -0.15) is 0 Å². The van der Waals surface area contributed by atoms with Crippen LogP contribution in [0.1, 0.15) is 0 Å². The van der Waals surface area contributed by atoms with Crippen molar-refractivity contribution in [2.75, 3.05) is 45.0 Å². The molecule has 0 unspecified atom stereocenters. The second kappa shape index (κ2) is 10.2. The lowest BCUT2D eigenvalue weighted by molar-refractivity contribution is -0.119. The highest BCUT2D eigenvalue weighted by Gasteiger charge is 2.14. The van der Waals surface area contributed by atoms with E-state index in [2.05, 4.69) is 10.6 Å². The molecule has 2 amide bonds. The molecule has 0 aliphatic heterocycles. The molecule has 0 saturated heterocycles. The number of amides is 2. The molecule has 2 aromatic carbocycles. The number of anilines is 2. The van der Waals surface area contributed by atoms with Gasteiger partial charge in [-0.25, -0.2) is 0 Å². The molecule has 150 valence electrons. The predicted octanol–water partition coefficient (Wildman–Crippen LogP) is 3.52. The molecule has 0 fully saturated rings. The first kappa shape index (κ1) is 21.8. The molecule has 9 heteroatoms. The third kappa shape index (κ3) is 6.30. The number of nitrogens with zero attached hydrogens (tertiary/aromatic N) is 1. The van der Waals surface area contributed by atoms with Crippen molar-refractivity contribution in [3.8, 4) is 11.5 Å². The average molecular weight is 426 g/mol. The summed E-state index contributed by atoms with van der Waals surface area (Å²) < 4.78 is 10.3. The van der Waals surface area contributed by atoms with Crippen LogP contribution in [0.2, 0.25) is 10.0 Å². The van der Waals surface area contributed by atoms with Crippen LogP contribution >= 0.6 is 23.2 Å². The Morgan fingerprint density at radius 3 is 2.14 bits per heavy atom. The molecule has 0 bridgehead atoms. The van der Waals surface area contributed by atoms with Crippen LogP contribution in [0.4, 0.5) is 11.4 Å². The minimum Gasteiger partial charge on any atom is -0.495 e. The van der Waals surface area contributed by atoms with Crippen LogP contribution in [0.25, 0.3) is 0 Å². The van der Waals surface area contributed by atoms with E-state index in [0.717, 1.165) is 0 Å². The summed E-state index contributed by atoms with van der Waals surface area (Å²) in [5.74, 6) is 0.430.